The van der Waals surface area contributed by atoms with Gasteiger partial charge in [0.2, 0.25) is 5.91 Å². The fourth-order valence-electron chi connectivity index (χ4n) is 1.06. The van der Waals surface area contributed by atoms with Gasteiger partial charge in [-0.2, -0.15) is 15.8 Å². The number of ether oxygens (including phenoxy) is 3. The van der Waals surface area contributed by atoms with Crippen LogP contribution in [0.25, 0.3) is 0 Å². The number of nitrogens with zero attached hydrogens (tertiary/aromatic N) is 3. The average molecular weight is 250 g/mol. The molecule has 0 radical (unpaired) electrons. The lowest BCUT2D eigenvalue weighted by Crippen LogP contribution is -2.57. The van der Waals surface area contributed by atoms with Gasteiger partial charge in [-0.3, -0.25) is 4.79 Å². The van der Waals surface area contributed by atoms with E-state index in [9.17, 15) is 4.79 Å². The molecule has 0 bridgehead atoms. The molecule has 0 spiro atoms. The molecular weight excluding hydrogens is 240 g/mol. The Kier molecular flexibility index (Phi) is 6.92. The number of hydrogen-bond donors (Lipinski definition) is 1. The molecule has 0 rings (SSSR count). The van der Waals surface area contributed by atoms with E-state index in [-0.39, 0.29) is 19.8 Å². The van der Waals surface area contributed by atoms with Crippen LogP contribution in [0.5, 0.6) is 0 Å². The second-order valence-corrected chi connectivity index (χ2v) is 3.11. The van der Waals surface area contributed by atoms with E-state index in [0.717, 1.165) is 6.08 Å². The van der Waals surface area contributed by atoms with Gasteiger partial charge in [-0.15, -0.1) is 0 Å². The molecule has 0 saturated carbocycles. The smallest absolute Gasteiger partial charge is 0.286 e. The maximum absolute atomic E-state index is 11.3. The lowest BCUT2D eigenvalue weighted by Gasteiger charge is -2.29. The molecule has 0 fully saturated rings. The number of nitrogens with one attached hydrogen (secondary N) is 1. The summed E-state index contributed by atoms with van der Waals surface area (Å²) in [5.41, 5.74) is -1.33. The molecule has 18 heavy (non-hydrogen) atoms. The Morgan fingerprint density at radius 1 is 1.11 bits per heavy atom. The van der Waals surface area contributed by atoms with Gasteiger partial charge >= 0.3 is 0 Å². The molecule has 8 heteroatoms. The second kappa shape index (κ2) is 8.26. The van der Waals surface area contributed by atoms with Crippen LogP contribution >= 0.6 is 0 Å². The van der Waals surface area contributed by atoms with Crippen LogP contribution < -0.4 is 5.32 Å². The number of amides is 1. The molecule has 8 nitrogen and oxygen atoms in total. The summed E-state index contributed by atoms with van der Waals surface area (Å²) in [6.07, 6.45) is 5.23. The highest BCUT2D eigenvalue weighted by Crippen LogP contribution is 2.08. The van der Waals surface area contributed by atoms with Gasteiger partial charge < -0.3 is 19.5 Å². The van der Waals surface area contributed by atoms with Gasteiger partial charge in [-0.25, -0.2) is 0 Å². The summed E-state index contributed by atoms with van der Waals surface area (Å²) in [5, 5.41) is 27.5. The third kappa shape index (κ3) is 5.24. The summed E-state index contributed by atoms with van der Waals surface area (Å²) in [5.74, 6) is -0.584. The number of rotatable bonds is 8. The molecule has 0 aromatic carbocycles. The summed E-state index contributed by atoms with van der Waals surface area (Å²) < 4.78 is 13.5. The Morgan fingerprint density at radius 3 is 1.78 bits per heavy atom. The molecule has 0 aliphatic carbocycles. The van der Waals surface area contributed by atoms with E-state index in [1.165, 1.54) is 18.8 Å². The summed E-state index contributed by atoms with van der Waals surface area (Å²) in [4.78, 5) is 11.3. The summed E-state index contributed by atoms with van der Waals surface area (Å²) in [6, 6.07) is 0. The van der Waals surface area contributed by atoms with Gasteiger partial charge in [0.05, 0.1) is 0 Å². The van der Waals surface area contributed by atoms with Crippen molar-refractivity contribution in [3.63, 3.8) is 0 Å². The van der Waals surface area contributed by atoms with Gasteiger partial charge in [-0.1, -0.05) is 6.58 Å². The molecule has 0 heterocycles. The molecule has 0 atom stereocenters. The first kappa shape index (κ1) is 15.1. The third-order valence-electron chi connectivity index (χ3n) is 1.81. The van der Waals surface area contributed by atoms with E-state index < -0.39 is 11.4 Å². The monoisotopic (exact) mass is 250 g/mol. The van der Waals surface area contributed by atoms with Crippen LogP contribution in [0.2, 0.25) is 0 Å². The molecule has 0 unspecified atom stereocenters. The summed E-state index contributed by atoms with van der Waals surface area (Å²) in [6.45, 7) is 2.32. The predicted octanol–water partition coefficient (Wildman–Crippen LogP) is -0.480. The van der Waals surface area contributed by atoms with Crippen molar-refractivity contribution >= 4 is 5.91 Å². The van der Waals surface area contributed by atoms with Crippen LogP contribution in [0, 0.1) is 34.6 Å². The van der Waals surface area contributed by atoms with Crippen LogP contribution in [0.3, 0.4) is 0 Å². The minimum absolute atomic E-state index is 0.313. The quantitative estimate of drug-likeness (QED) is 0.455. The van der Waals surface area contributed by atoms with Crippen molar-refractivity contribution in [2.45, 2.75) is 5.54 Å². The zero-order valence-electron chi connectivity index (χ0n) is 9.38. The third-order valence-corrected chi connectivity index (χ3v) is 1.81. The molecule has 0 aliphatic rings. The average Bonchev–Trinajstić information content (AvgIpc) is 2.40. The number of hydrogen-bond acceptors (Lipinski definition) is 7. The lowest BCUT2D eigenvalue weighted by molar-refractivity contribution is -0.120. The first-order valence-corrected chi connectivity index (χ1v) is 4.61. The van der Waals surface area contributed by atoms with Gasteiger partial charge in [0.25, 0.3) is 18.8 Å². The Morgan fingerprint density at radius 2 is 1.50 bits per heavy atom. The Balaban J connectivity index is 4.92. The normalized spacial score (nSPS) is 8.94. The van der Waals surface area contributed by atoms with Crippen LogP contribution in [0.15, 0.2) is 12.7 Å². The van der Waals surface area contributed by atoms with E-state index in [4.69, 9.17) is 15.8 Å². The molecule has 94 valence electrons. The van der Waals surface area contributed by atoms with Crippen molar-refractivity contribution in [2.24, 2.45) is 0 Å². The van der Waals surface area contributed by atoms with Crippen molar-refractivity contribution in [1.29, 1.82) is 15.8 Å². The van der Waals surface area contributed by atoms with Gasteiger partial charge in [0.1, 0.15) is 25.4 Å². The number of carbonyl (C=O) groups is 1. The molecular formula is C10H10N4O4. The standard InChI is InChI=1S/C10H10N4O4/c1-2-9(15)14-10(3-16-6-11,4-17-7-12)5-18-8-13/h2H,1,3-5H2,(H,14,15). The maximum atomic E-state index is 11.3. The van der Waals surface area contributed by atoms with Gasteiger partial charge in [0.15, 0.2) is 0 Å². The largest absolute Gasteiger partial charge is 0.425 e. The summed E-state index contributed by atoms with van der Waals surface area (Å²) >= 11 is 0. The molecule has 0 saturated heterocycles. The first-order valence-electron chi connectivity index (χ1n) is 4.61. The van der Waals surface area contributed by atoms with Crippen molar-refractivity contribution in [3.05, 3.63) is 12.7 Å². The molecule has 1 amide bonds. The predicted molar refractivity (Wildman–Crippen MR) is 55.8 cm³/mol. The topological polar surface area (TPSA) is 128 Å². The van der Waals surface area contributed by atoms with E-state index >= 15 is 0 Å². The van der Waals surface area contributed by atoms with Crippen LogP contribution in [-0.4, -0.2) is 31.3 Å². The minimum atomic E-state index is -1.33. The second-order valence-electron chi connectivity index (χ2n) is 3.11. The summed E-state index contributed by atoms with van der Waals surface area (Å²) in [7, 11) is 0. The highest BCUT2D eigenvalue weighted by atomic mass is 16.5. The first-order chi connectivity index (χ1) is 8.64. The highest BCUT2D eigenvalue weighted by molar-refractivity contribution is 5.87. The molecule has 1 N–H and O–H groups in total. The SMILES string of the molecule is C=CC(=O)NC(COC#N)(COC#N)COC#N. The molecule has 0 aliphatic heterocycles. The van der Waals surface area contributed by atoms with Crippen molar-refractivity contribution < 1.29 is 19.0 Å². The van der Waals surface area contributed by atoms with Crippen LogP contribution in [0.4, 0.5) is 0 Å². The van der Waals surface area contributed by atoms with Crippen LogP contribution in [-0.2, 0) is 19.0 Å². The van der Waals surface area contributed by atoms with E-state index in [2.05, 4.69) is 26.1 Å². The molecule has 0 aromatic heterocycles. The lowest BCUT2D eigenvalue weighted by atomic mass is 10.0. The number of nitriles is 3. The number of carbonyl (C=O) groups excluding carboxylic acids is 1. The zero-order chi connectivity index (χ0) is 13.9. The van der Waals surface area contributed by atoms with E-state index in [1.807, 2.05) is 0 Å². The minimum Gasteiger partial charge on any atom is -0.425 e. The Hall–Kier alpha value is -2.92. The Bertz CT molecular complexity index is 370. The van der Waals surface area contributed by atoms with Crippen molar-refractivity contribution in [1.82, 2.24) is 5.32 Å². The van der Waals surface area contributed by atoms with Crippen molar-refractivity contribution in [2.75, 3.05) is 19.8 Å². The highest BCUT2D eigenvalue weighted by Gasteiger charge is 2.35. The zero-order valence-corrected chi connectivity index (χ0v) is 9.38. The van der Waals surface area contributed by atoms with Crippen LogP contribution in [0.1, 0.15) is 0 Å². The Labute approximate surface area is 104 Å². The van der Waals surface area contributed by atoms with Crippen molar-refractivity contribution in [3.8, 4) is 18.8 Å². The van der Waals surface area contributed by atoms with E-state index in [1.54, 1.807) is 0 Å². The maximum Gasteiger partial charge on any atom is 0.286 e. The fraction of sp³-hybridized carbons (Fsp3) is 0.400. The fourth-order valence-corrected chi connectivity index (χ4v) is 1.06. The molecule has 0 aromatic rings. The van der Waals surface area contributed by atoms with Gasteiger partial charge in [-0.05, 0) is 6.08 Å². The van der Waals surface area contributed by atoms with Gasteiger partial charge in [0, 0.05) is 0 Å². The van der Waals surface area contributed by atoms with E-state index in [0.29, 0.717) is 0 Å².